The van der Waals surface area contributed by atoms with Crippen molar-refractivity contribution in [1.82, 2.24) is 9.78 Å². The molecular weight excluding hydrogens is 250 g/mol. The fourth-order valence-electron chi connectivity index (χ4n) is 2.75. The van der Waals surface area contributed by atoms with Gasteiger partial charge in [-0.25, -0.2) is 0 Å². The van der Waals surface area contributed by atoms with Gasteiger partial charge < -0.3 is 10.5 Å². The van der Waals surface area contributed by atoms with Crippen LogP contribution in [-0.4, -0.2) is 28.5 Å². The average Bonchev–Trinajstić information content (AvgIpc) is 2.87. The Morgan fingerprint density at radius 1 is 1.61 bits per heavy atom. The fraction of sp³-hybridized carbons (Fsp3) is 0.769. The quantitative estimate of drug-likeness (QED) is 0.913. The average molecular weight is 272 g/mol. The Kier molecular flexibility index (Phi) is 4.30. The molecule has 2 N–H and O–H groups in total. The van der Waals surface area contributed by atoms with Crippen molar-refractivity contribution in [2.45, 2.75) is 52.3 Å². The van der Waals surface area contributed by atoms with Crippen molar-refractivity contribution in [2.24, 2.45) is 11.7 Å². The number of aromatic nitrogens is 2. The Hall–Kier alpha value is -0.580. The lowest BCUT2D eigenvalue weighted by molar-refractivity contribution is 0.0993. The maximum Gasteiger partial charge on any atom is 0.0847 e. The zero-order valence-corrected chi connectivity index (χ0v) is 12.1. The molecule has 2 heterocycles. The predicted octanol–water partition coefficient (Wildman–Crippen LogP) is 2.16. The Bertz CT molecular complexity index is 419. The minimum atomic E-state index is 0.0846. The van der Waals surface area contributed by atoms with E-state index in [1.165, 1.54) is 0 Å². The summed E-state index contributed by atoms with van der Waals surface area (Å²) in [4.78, 5) is 0. The zero-order valence-electron chi connectivity index (χ0n) is 11.3. The van der Waals surface area contributed by atoms with Gasteiger partial charge in [0.15, 0.2) is 0 Å². The summed E-state index contributed by atoms with van der Waals surface area (Å²) >= 11 is 6.31. The van der Waals surface area contributed by atoms with Gasteiger partial charge in [-0.15, -0.1) is 0 Å². The third kappa shape index (κ3) is 2.56. The highest BCUT2D eigenvalue weighted by Gasteiger charge is 2.31. The molecule has 0 aromatic carbocycles. The maximum absolute atomic E-state index is 6.32. The van der Waals surface area contributed by atoms with Gasteiger partial charge in [0.25, 0.3) is 0 Å². The SMILES string of the molecule is CCn1nc(C)c(Cl)c1CC(N)C1CCOC1C. The molecule has 1 fully saturated rings. The second-order valence-electron chi connectivity index (χ2n) is 5.06. The maximum atomic E-state index is 6.32. The van der Waals surface area contributed by atoms with Crippen LogP contribution in [0.4, 0.5) is 0 Å². The van der Waals surface area contributed by atoms with Crippen molar-refractivity contribution < 1.29 is 4.74 Å². The largest absolute Gasteiger partial charge is 0.378 e. The third-order valence-electron chi connectivity index (χ3n) is 3.87. The summed E-state index contributed by atoms with van der Waals surface area (Å²) in [5.41, 5.74) is 8.27. The number of halogens is 1. The molecule has 1 aliphatic rings. The van der Waals surface area contributed by atoms with Crippen molar-refractivity contribution in [1.29, 1.82) is 0 Å². The van der Waals surface area contributed by atoms with Crippen LogP contribution in [0.2, 0.25) is 5.02 Å². The van der Waals surface area contributed by atoms with Crippen LogP contribution < -0.4 is 5.73 Å². The lowest BCUT2D eigenvalue weighted by atomic mass is 9.91. The first-order chi connectivity index (χ1) is 8.54. The smallest absolute Gasteiger partial charge is 0.0847 e. The summed E-state index contributed by atoms with van der Waals surface area (Å²) in [5.74, 6) is 0.418. The molecule has 1 aromatic heterocycles. The van der Waals surface area contributed by atoms with E-state index in [4.69, 9.17) is 22.1 Å². The van der Waals surface area contributed by atoms with Crippen LogP contribution in [0.25, 0.3) is 0 Å². The second-order valence-corrected chi connectivity index (χ2v) is 5.44. The molecule has 0 spiro atoms. The van der Waals surface area contributed by atoms with Crippen LogP contribution in [-0.2, 0) is 17.7 Å². The number of nitrogens with two attached hydrogens (primary N) is 1. The van der Waals surface area contributed by atoms with Crippen molar-refractivity contribution in [3.63, 3.8) is 0 Å². The van der Waals surface area contributed by atoms with Crippen LogP contribution in [0.15, 0.2) is 0 Å². The van der Waals surface area contributed by atoms with Crippen LogP contribution in [0.3, 0.4) is 0 Å². The standard InChI is InChI=1S/C13H22ClN3O/c1-4-17-12(13(14)8(2)16-17)7-11(15)10-5-6-18-9(10)3/h9-11H,4-7,15H2,1-3H3. The summed E-state index contributed by atoms with van der Waals surface area (Å²) in [7, 11) is 0. The highest BCUT2D eigenvalue weighted by atomic mass is 35.5. The number of rotatable bonds is 4. The van der Waals surface area contributed by atoms with E-state index in [9.17, 15) is 0 Å². The van der Waals surface area contributed by atoms with Gasteiger partial charge in [-0.05, 0) is 27.2 Å². The van der Waals surface area contributed by atoms with Gasteiger partial charge in [-0.2, -0.15) is 5.10 Å². The Balaban J connectivity index is 2.13. The molecule has 2 rings (SSSR count). The normalized spacial score (nSPS) is 25.6. The van der Waals surface area contributed by atoms with Gasteiger partial charge in [-0.3, -0.25) is 4.68 Å². The summed E-state index contributed by atoms with van der Waals surface area (Å²) in [6.45, 7) is 7.75. The predicted molar refractivity (Wildman–Crippen MR) is 72.8 cm³/mol. The third-order valence-corrected chi connectivity index (χ3v) is 4.36. The molecule has 18 heavy (non-hydrogen) atoms. The molecule has 1 aromatic rings. The van der Waals surface area contributed by atoms with E-state index in [0.29, 0.717) is 5.92 Å². The highest BCUT2D eigenvalue weighted by Crippen LogP contribution is 2.27. The Morgan fingerprint density at radius 3 is 2.89 bits per heavy atom. The summed E-state index contributed by atoms with van der Waals surface area (Å²) in [5, 5.41) is 5.19. The Labute approximate surface area is 113 Å². The van der Waals surface area contributed by atoms with E-state index in [2.05, 4.69) is 18.9 Å². The molecule has 0 bridgehead atoms. The van der Waals surface area contributed by atoms with E-state index >= 15 is 0 Å². The van der Waals surface area contributed by atoms with Crippen molar-refractivity contribution in [2.75, 3.05) is 6.61 Å². The van der Waals surface area contributed by atoms with Gasteiger partial charge >= 0.3 is 0 Å². The number of aryl methyl sites for hydroxylation is 2. The van der Waals surface area contributed by atoms with E-state index in [1.807, 2.05) is 11.6 Å². The van der Waals surface area contributed by atoms with Crippen molar-refractivity contribution in [3.05, 3.63) is 16.4 Å². The first kappa shape index (κ1) is 13.8. The van der Waals surface area contributed by atoms with Gasteiger partial charge in [0, 0.05) is 31.5 Å². The van der Waals surface area contributed by atoms with Crippen LogP contribution >= 0.6 is 11.6 Å². The van der Waals surface area contributed by atoms with Gasteiger partial charge in [0.2, 0.25) is 0 Å². The minimum Gasteiger partial charge on any atom is -0.378 e. The van der Waals surface area contributed by atoms with Crippen molar-refractivity contribution >= 4 is 11.6 Å². The number of nitrogens with zero attached hydrogens (tertiary/aromatic N) is 2. The first-order valence-corrected chi connectivity index (χ1v) is 7.01. The lowest BCUT2D eigenvalue weighted by Crippen LogP contribution is -2.36. The molecule has 4 nitrogen and oxygen atoms in total. The zero-order chi connectivity index (χ0) is 13.3. The monoisotopic (exact) mass is 271 g/mol. The van der Waals surface area contributed by atoms with E-state index in [1.54, 1.807) is 0 Å². The van der Waals surface area contributed by atoms with E-state index in [0.717, 1.165) is 42.4 Å². The molecule has 5 heteroatoms. The Morgan fingerprint density at radius 2 is 2.33 bits per heavy atom. The van der Waals surface area contributed by atoms with Crippen LogP contribution in [0, 0.1) is 12.8 Å². The topological polar surface area (TPSA) is 53.1 Å². The van der Waals surface area contributed by atoms with Crippen LogP contribution in [0.5, 0.6) is 0 Å². The molecule has 0 aliphatic carbocycles. The van der Waals surface area contributed by atoms with Crippen LogP contribution in [0.1, 0.15) is 31.7 Å². The van der Waals surface area contributed by atoms with E-state index < -0.39 is 0 Å². The summed E-state index contributed by atoms with van der Waals surface area (Å²) in [6, 6.07) is 0.0846. The molecule has 0 saturated carbocycles. The second kappa shape index (κ2) is 5.59. The molecular formula is C13H22ClN3O. The van der Waals surface area contributed by atoms with Gasteiger partial charge in [-0.1, -0.05) is 11.6 Å². The number of hydrogen-bond donors (Lipinski definition) is 1. The molecule has 1 saturated heterocycles. The molecule has 1 aliphatic heterocycles. The molecule has 102 valence electrons. The summed E-state index contributed by atoms with van der Waals surface area (Å²) in [6.07, 6.45) is 2.06. The lowest BCUT2D eigenvalue weighted by Gasteiger charge is -2.22. The number of ether oxygens (including phenoxy) is 1. The molecule has 3 unspecified atom stereocenters. The molecule has 0 amide bonds. The molecule has 3 atom stereocenters. The summed E-state index contributed by atoms with van der Waals surface area (Å²) < 4.78 is 7.54. The number of hydrogen-bond acceptors (Lipinski definition) is 3. The molecule has 0 radical (unpaired) electrons. The fourth-order valence-corrected chi connectivity index (χ4v) is 2.96. The van der Waals surface area contributed by atoms with E-state index in [-0.39, 0.29) is 12.1 Å². The highest BCUT2D eigenvalue weighted by molar-refractivity contribution is 6.31. The van der Waals surface area contributed by atoms with Crippen molar-refractivity contribution in [3.8, 4) is 0 Å². The first-order valence-electron chi connectivity index (χ1n) is 6.63. The van der Waals surface area contributed by atoms with Gasteiger partial charge in [0.1, 0.15) is 0 Å². The minimum absolute atomic E-state index is 0.0846. The van der Waals surface area contributed by atoms with Gasteiger partial charge in [0.05, 0.1) is 22.5 Å².